The normalized spacial score (nSPS) is 11.4. The fourth-order valence-electron chi connectivity index (χ4n) is 3.67. The lowest BCUT2D eigenvalue weighted by atomic mass is 10.2. The second-order valence-electron chi connectivity index (χ2n) is 8.23. The topological polar surface area (TPSA) is 65.7 Å². The van der Waals surface area contributed by atoms with Crippen LogP contribution in [-0.4, -0.2) is 23.0 Å². The molecule has 10 heteroatoms. The van der Waals surface area contributed by atoms with Crippen LogP contribution in [0.2, 0.25) is 10.0 Å². The van der Waals surface area contributed by atoms with Crippen molar-refractivity contribution in [2.45, 2.75) is 32.8 Å². The van der Waals surface area contributed by atoms with E-state index in [1.165, 1.54) is 4.68 Å². The van der Waals surface area contributed by atoms with Crippen LogP contribution in [0.25, 0.3) is 10.9 Å². The molecule has 0 amide bonds. The van der Waals surface area contributed by atoms with Crippen molar-refractivity contribution < 1.29 is 9.47 Å². The second-order valence-corrected chi connectivity index (χ2v) is 11.1. The summed E-state index contributed by atoms with van der Waals surface area (Å²) < 4.78 is 14.7. The minimum atomic E-state index is -0.211. The van der Waals surface area contributed by atoms with Crippen LogP contribution in [0, 0.1) is 3.57 Å². The molecule has 6 nitrogen and oxygen atoms in total. The molecule has 0 spiro atoms. The Morgan fingerprint density at radius 3 is 2.68 bits per heavy atom. The number of aromatic nitrogens is 2. The largest absolute Gasteiger partial charge is 0.493 e. The van der Waals surface area contributed by atoms with Crippen LogP contribution in [0.1, 0.15) is 36.7 Å². The molecule has 4 aromatic rings. The predicted molar refractivity (Wildman–Crippen MR) is 162 cm³/mol. The van der Waals surface area contributed by atoms with Crippen molar-refractivity contribution in [1.82, 2.24) is 9.66 Å². The molecule has 37 heavy (non-hydrogen) atoms. The summed E-state index contributed by atoms with van der Waals surface area (Å²) in [6.45, 7) is 2.40. The summed E-state index contributed by atoms with van der Waals surface area (Å²) in [4.78, 5) is 18.0. The third-order valence-electron chi connectivity index (χ3n) is 5.57. The second kappa shape index (κ2) is 12.6. The van der Waals surface area contributed by atoms with Crippen LogP contribution in [0.5, 0.6) is 11.5 Å². The van der Waals surface area contributed by atoms with Crippen LogP contribution in [0.4, 0.5) is 0 Å². The van der Waals surface area contributed by atoms with E-state index in [4.69, 9.17) is 37.7 Å². The third kappa shape index (κ3) is 6.66. The molecule has 3 aromatic carbocycles. The lowest BCUT2D eigenvalue weighted by Gasteiger charge is -2.14. The lowest BCUT2D eigenvalue weighted by molar-refractivity contribution is 0.282. The van der Waals surface area contributed by atoms with Gasteiger partial charge in [-0.1, -0.05) is 58.5 Å². The van der Waals surface area contributed by atoms with Gasteiger partial charge in [-0.3, -0.25) is 4.79 Å². The maximum absolute atomic E-state index is 13.3. The van der Waals surface area contributed by atoms with Gasteiger partial charge in [-0.2, -0.15) is 9.78 Å². The Bertz CT molecular complexity index is 1540. The van der Waals surface area contributed by atoms with Crippen molar-refractivity contribution in [1.29, 1.82) is 0 Å². The van der Waals surface area contributed by atoms with E-state index in [1.54, 1.807) is 31.5 Å². The summed E-state index contributed by atoms with van der Waals surface area (Å²) in [5.41, 5.74) is 2.08. The number of hydrogen-bond donors (Lipinski definition) is 0. The minimum Gasteiger partial charge on any atom is -0.493 e. The Kier molecular flexibility index (Phi) is 9.50. The molecule has 0 aliphatic rings. The Balaban J connectivity index is 1.66. The van der Waals surface area contributed by atoms with Crippen molar-refractivity contribution >= 4 is 78.8 Å². The molecular weight excluding hydrogens is 692 g/mol. The first-order valence-corrected chi connectivity index (χ1v) is 14.1. The molecule has 4 rings (SSSR count). The van der Waals surface area contributed by atoms with Crippen LogP contribution < -0.4 is 15.0 Å². The Labute approximate surface area is 246 Å². The first-order valence-electron chi connectivity index (χ1n) is 11.5. The number of hydrogen-bond acceptors (Lipinski definition) is 5. The number of fused-ring (bicyclic) bond motifs is 1. The molecule has 0 unspecified atom stereocenters. The number of ether oxygens (including phenoxy) is 2. The molecule has 0 radical (unpaired) electrons. The van der Waals surface area contributed by atoms with E-state index in [-0.39, 0.29) is 5.56 Å². The van der Waals surface area contributed by atoms with Crippen molar-refractivity contribution in [2.24, 2.45) is 5.10 Å². The standard InChI is InChI=1S/C27H23BrCl2IN3O3/c1-3-4-5-25-33-23-9-7-18(28)13-19(23)27(35)34(25)32-14-17-11-22(31)26(24(12-17)36-2)37-15-16-6-8-20(29)21(30)10-16/h6-14H,3-5,15H2,1-2H3. The van der Waals surface area contributed by atoms with Gasteiger partial charge in [0, 0.05) is 10.9 Å². The maximum Gasteiger partial charge on any atom is 0.282 e. The Hall–Kier alpha value is -2.14. The number of unbranched alkanes of at least 4 members (excludes halogenated alkanes) is 1. The van der Waals surface area contributed by atoms with E-state index >= 15 is 0 Å². The summed E-state index contributed by atoms with van der Waals surface area (Å²) >= 11 is 17.8. The first-order chi connectivity index (χ1) is 17.8. The van der Waals surface area contributed by atoms with Gasteiger partial charge in [-0.15, -0.1) is 0 Å². The van der Waals surface area contributed by atoms with Crippen molar-refractivity contribution in [2.75, 3.05) is 7.11 Å². The molecule has 0 saturated heterocycles. The Morgan fingerprint density at radius 2 is 1.95 bits per heavy atom. The summed E-state index contributed by atoms with van der Waals surface area (Å²) in [6.07, 6.45) is 4.17. The molecule has 0 saturated carbocycles. The third-order valence-corrected chi connectivity index (χ3v) is 7.60. The molecule has 0 fully saturated rings. The molecule has 0 aliphatic heterocycles. The van der Waals surface area contributed by atoms with Gasteiger partial charge in [-0.05, 0) is 82.6 Å². The maximum atomic E-state index is 13.3. The Morgan fingerprint density at radius 1 is 1.14 bits per heavy atom. The first kappa shape index (κ1) is 27.9. The fourth-order valence-corrected chi connectivity index (χ4v) is 5.14. The van der Waals surface area contributed by atoms with Crippen LogP contribution >= 0.6 is 61.7 Å². The van der Waals surface area contributed by atoms with Crippen LogP contribution in [0.15, 0.2) is 62.9 Å². The zero-order valence-electron chi connectivity index (χ0n) is 20.1. The molecule has 1 aromatic heterocycles. The smallest absolute Gasteiger partial charge is 0.282 e. The minimum absolute atomic E-state index is 0.211. The average molecular weight is 715 g/mol. The van der Waals surface area contributed by atoms with Crippen molar-refractivity contribution in [3.8, 4) is 11.5 Å². The molecule has 0 aliphatic carbocycles. The molecular formula is C27H23BrCl2IN3O3. The van der Waals surface area contributed by atoms with Gasteiger partial charge in [0.2, 0.25) is 0 Å². The van der Waals surface area contributed by atoms with Gasteiger partial charge in [0.05, 0.1) is 37.8 Å². The summed E-state index contributed by atoms with van der Waals surface area (Å²) in [5.74, 6) is 1.78. The predicted octanol–water partition coefficient (Wildman–Crippen LogP) is 7.88. The van der Waals surface area contributed by atoms with E-state index in [0.29, 0.717) is 51.3 Å². The van der Waals surface area contributed by atoms with E-state index in [1.807, 2.05) is 30.3 Å². The number of rotatable bonds is 9. The zero-order chi connectivity index (χ0) is 26.5. The molecule has 0 N–H and O–H groups in total. The summed E-state index contributed by atoms with van der Waals surface area (Å²) in [5, 5.41) is 6.01. The highest BCUT2D eigenvalue weighted by molar-refractivity contribution is 14.1. The number of nitrogens with zero attached hydrogens (tertiary/aromatic N) is 3. The van der Waals surface area contributed by atoms with Gasteiger partial charge in [-0.25, -0.2) is 4.98 Å². The highest BCUT2D eigenvalue weighted by Gasteiger charge is 2.14. The molecule has 0 bridgehead atoms. The van der Waals surface area contributed by atoms with Gasteiger partial charge in [0.15, 0.2) is 11.5 Å². The van der Waals surface area contributed by atoms with E-state index < -0.39 is 0 Å². The zero-order valence-corrected chi connectivity index (χ0v) is 25.4. The number of aryl methyl sites for hydroxylation is 1. The average Bonchev–Trinajstić information content (AvgIpc) is 2.88. The van der Waals surface area contributed by atoms with Crippen LogP contribution in [-0.2, 0) is 13.0 Å². The van der Waals surface area contributed by atoms with Gasteiger partial charge in [0.25, 0.3) is 5.56 Å². The lowest BCUT2D eigenvalue weighted by Crippen LogP contribution is -2.22. The number of halogens is 4. The fraction of sp³-hybridized carbons (Fsp3) is 0.222. The molecule has 0 atom stereocenters. The molecule has 1 heterocycles. The van der Waals surface area contributed by atoms with E-state index in [9.17, 15) is 4.79 Å². The monoisotopic (exact) mass is 713 g/mol. The van der Waals surface area contributed by atoms with Gasteiger partial charge >= 0.3 is 0 Å². The number of methoxy groups -OCH3 is 1. The van der Waals surface area contributed by atoms with Crippen molar-refractivity contribution in [3.63, 3.8) is 0 Å². The highest BCUT2D eigenvalue weighted by atomic mass is 127. The van der Waals surface area contributed by atoms with E-state index in [0.717, 1.165) is 32.0 Å². The van der Waals surface area contributed by atoms with Gasteiger partial charge in [0.1, 0.15) is 12.4 Å². The molecule has 192 valence electrons. The number of benzene rings is 3. The van der Waals surface area contributed by atoms with Gasteiger partial charge < -0.3 is 9.47 Å². The quantitative estimate of drug-likeness (QED) is 0.131. The summed E-state index contributed by atoms with van der Waals surface area (Å²) in [7, 11) is 1.58. The SMILES string of the molecule is CCCCc1nc2ccc(Br)cc2c(=O)n1N=Cc1cc(I)c(OCc2ccc(Cl)c(Cl)c2)c(OC)c1. The van der Waals surface area contributed by atoms with Crippen LogP contribution in [0.3, 0.4) is 0 Å². The van der Waals surface area contributed by atoms with Crippen molar-refractivity contribution in [3.05, 3.63) is 93.9 Å². The summed E-state index contributed by atoms with van der Waals surface area (Å²) in [6, 6.07) is 14.6. The highest BCUT2D eigenvalue weighted by Crippen LogP contribution is 2.34. The van der Waals surface area contributed by atoms with E-state index in [2.05, 4.69) is 50.5 Å².